The number of methoxy groups -OCH3 is 1. The fraction of sp³-hybridized carbons (Fsp3) is 0.818. The molecule has 0 aromatic heterocycles. The summed E-state index contributed by atoms with van der Waals surface area (Å²) in [5.74, 6) is -7.24. The lowest BCUT2D eigenvalue weighted by molar-refractivity contribution is -0.172. The van der Waals surface area contributed by atoms with Crippen molar-refractivity contribution in [3.63, 3.8) is 0 Å². The van der Waals surface area contributed by atoms with Gasteiger partial charge in [-0.05, 0) is 125 Å². The van der Waals surface area contributed by atoms with E-state index in [1.165, 1.54) is 90.7 Å². The molecule has 105 heavy (non-hydrogen) atoms. The minimum Gasteiger partial charge on any atom is -0.382 e. The van der Waals surface area contributed by atoms with Crippen LogP contribution in [0.4, 0.5) is 0 Å². The van der Waals surface area contributed by atoms with Gasteiger partial charge in [-0.2, -0.15) is 0 Å². The predicted octanol–water partition coefficient (Wildman–Crippen LogP) is 6.21. The highest BCUT2D eigenvalue weighted by Gasteiger charge is 2.60. The molecule has 1 saturated heterocycles. The van der Waals surface area contributed by atoms with E-state index in [-0.39, 0.29) is 92.8 Å². The first-order valence-corrected chi connectivity index (χ1v) is 39.6. The van der Waals surface area contributed by atoms with E-state index in [0.29, 0.717) is 57.3 Å². The Balaban J connectivity index is 1.42. The second kappa shape index (κ2) is 39.8. The number of alkyl halides is 2. The molecular weight excluding hydrogens is 1390 g/mol. The van der Waals surface area contributed by atoms with Gasteiger partial charge in [0.15, 0.2) is 0 Å². The summed E-state index contributed by atoms with van der Waals surface area (Å²) in [5, 5.41) is 8.41. The fourth-order valence-corrected chi connectivity index (χ4v) is 17.1. The predicted molar refractivity (Wildman–Crippen MR) is 403 cm³/mol. The minimum atomic E-state index is -1.45. The molecule has 2 aliphatic heterocycles. The van der Waals surface area contributed by atoms with Gasteiger partial charge >= 0.3 is 0 Å². The van der Waals surface area contributed by atoms with Gasteiger partial charge in [0.2, 0.25) is 70.9 Å². The molecule has 4 saturated carbocycles. The van der Waals surface area contributed by atoms with Gasteiger partial charge in [0.1, 0.15) is 47.8 Å². The molecule has 12 atom stereocenters. The molecule has 0 aromatic rings. The molecule has 5 fully saturated rings. The highest BCUT2D eigenvalue weighted by Crippen LogP contribution is 2.52. The Hall–Kier alpha value is -6.12. The molecular formula is C77H128Cl2N12O14. The molecule has 6 rings (SSSR count). The lowest BCUT2D eigenvalue weighted by atomic mass is 9.57. The van der Waals surface area contributed by atoms with Gasteiger partial charge in [-0.3, -0.25) is 57.5 Å². The largest absolute Gasteiger partial charge is 0.382 e. The first kappa shape index (κ1) is 87.8. The zero-order chi connectivity index (χ0) is 78.1. The molecule has 28 heteroatoms. The average Bonchev–Trinajstić information content (AvgIpc) is 0.722. The average molecular weight is 1520 g/mol. The Morgan fingerprint density at radius 3 is 1.89 bits per heavy atom. The van der Waals surface area contributed by atoms with Crippen molar-refractivity contribution >= 4 is 94.1 Å². The van der Waals surface area contributed by atoms with Crippen LogP contribution in [0.25, 0.3) is 0 Å². The summed E-state index contributed by atoms with van der Waals surface area (Å²) in [7, 11) is 14.6. The van der Waals surface area contributed by atoms with Crippen LogP contribution in [0.15, 0.2) is 12.2 Å². The molecule has 4 aliphatic carbocycles. The molecule has 12 amide bonds. The smallest absolute Gasteiger partial charge is 0.249 e. The maximum absolute atomic E-state index is 15.7. The number of carbonyl (C=O) groups is 12. The van der Waals surface area contributed by atoms with Crippen molar-refractivity contribution in [2.24, 2.45) is 35.0 Å². The number of halogens is 2. The standard InChI is InChI=1S/C77H128Cl2N12O14/c1-18-49(5)66-73(101)85(11)44-65(95)86(12)58-27-22-21-23-38-91(72(58)100)60(40-51-30-28-48(4)29-31-51)71(99)84(10)43-62(92)81-57(36-33-50-32-35-55(78)56(79)39-50)68(96)80-42-54(105-53-25-24-26-53)34-37-63(93)90(16)77(46-76(6,7)47-77)75(103)89(15)67(52(19-2)20-3)74(102)88(14)59(70(98)83(8)9)41-64(94)87(13)61(45-104-17)69(97)82-66/h21-22,48-61,66-67H,18-20,23-47H2,1-17H3,(H,80,96)(H,81,92)(H,82,97)/b22-21-/t48?,49-,50?,51?,54+,55?,56?,57-,58-,59-,60-,61-,66-,67-/m0/s1. The Kier molecular flexibility index (Phi) is 33.3. The van der Waals surface area contributed by atoms with E-state index in [0.717, 1.165) is 56.3 Å². The number of amides is 12. The Morgan fingerprint density at radius 1 is 0.667 bits per heavy atom. The van der Waals surface area contributed by atoms with E-state index in [2.05, 4.69) is 22.9 Å². The fourth-order valence-electron chi connectivity index (χ4n) is 16.5. The molecule has 26 nitrogen and oxygen atoms in total. The first-order valence-electron chi connectivity index (χ1n) is 38.7. The van der Waals surface area contributed by atoms with E-state index in [1.54, 1.807) is 25.9 Å². The Labute approximate surface area is 635 Å². The monoisotopic (exact) mass is 1510 g/mol. The number of rotatable bonds is 15. The van der Waals surface area contributed by atoms with Crippen LogP contribution in [0.2, 0.25) is 0 Å². The molecule has 0 aromatic carbocycles. The number of nitrogens with one attached hydrogen (secondary N) is 3. The van der Waals surface area contributed by atoms with Crippen LogP contribution in [-0.2, 0) is 67.0 Å². The van der Waals surface area contributed by atoms with Gasteiger partial charge in [-0.15, -0.1) is 23.2 Å². The first-order chi connectivity index (χ1) is 49.5. The number of likely N-dealkylation sites (N-methyl/N-ethyl adjacent to an activating group) is 8. The van der Waals surface area contributed by atoms with Crippen molar-refractivity contribution in [1.82, 2.24) is 60.0 Å². The maximum atomic E-state index is 15.7. The van der Waals surface area contributed by atoms with Gasteiger partial charge in [0.05, 0.1) is 43.7 Å². The third-order valence-corrected chi connectivity index (χ3v) is 25.0. The summed E-state index contributed by atoms with van der Waals surface area (Å²) in [4.78, 5) is 191. The SMILES string of the molecule is CCC(CC)[C@H]1C(=O)N(C)[C@H](C(=O)N(C)C)CC(=O)N(C)[C@@H](COC)C(=O)N[C@@H]([C@@H](C)CC)C(=O)N(C)CC(=O)N(C)[C@H]2C/C=C\CCN(C2=O)[C@@H](CC2CCC(C)CC2)C(=O)N(C)CC(=O)N[C@@H](CCC2CCC(Cl)C(Cl)C2)C(=O)NC[C@H](OC2CCC2)CCC(=O)N(C)C2(CC(C)(C)C2)C(=O)N1C. The second-order valence-corrected chi connectivity index (χ2v) is 33.6. The molecule has 3 N–H and O–H groups in total. The summed E-state index contributed by atoms with van der Waals surface area (Å²) in [5.41, 5.74) is -1.80. The molecule has 6 aliphatic rings. The van der Waals surface area contributed by atoms with Crippen molar-refractivity contribution in [3.05, 3.63) is 12.2 Å². The van der Waals surface area contributed by atoms with Crippen molar-refractivity contribution in [1.29, 1.82) is 0 Å². The van der Waals surface area contributed by atoms with E-state index in [9.17, 15) is 38.4 Å². The lowest BCUT2D eigenvalue weighted by Gasteiger charge is -2.57. The molecule has 2 bridgehead atoms. The van der Waals surface area contributed by atoms with Crippen molar-refractivity contribution in [2.45, 2.75) is 267 Å². The molecule has 2 heterocycles. The van der Waals surface area contributed by atoms with E-state index >= 15 is 19.2 Å². The number of carbonyl (C=O) groups excluding carboxylic acids is 12. The van der Waals surface area contributed by atoms with Crippen LogP contribution < -0.4 is 16.0 Å². The zero-order valence-electron chi connectivity index (χ0n) is 66.2. The summed E-state index contributed by atoms with van der Waals surface area (Å²) in [6.07, 6.45) is 13.8. The van der Waals surface area contributed by atoms with Crippen molar-refractivity contribution in [3.8, 4) is 0 Å². The molecule has 0 radical (unpaired) electrons. The summed E-state index contributed by atoms with van der Waals surface area (Å²) in [6.45, 7) is 12.4. The number of hydrogen-bond acceptors (Lipinski definition) is 14. The third-order valence-electron chi connectivity index (χ3n) is 23.9. The van der Waals surface area contributed by atoms with Crippen LogP contribution in [0.3, 0.4) is 0 Å². The molecule has 1 spiro atoms. The third kappa shape index (κ3) is 22.7. The quantitative estimate of drug-likeness (QED) is 0.121. The lowest BCUT2D eigenvalue weighted by Crippen LogP contribution is -2.70. The Bertz CT molecular complexity index is 3040. The number of ether oxygens (including phenoxy) is 2. The summed E-state index contributed by atoms with van der Waals surface area (Å²) in [6, 6.07) is -8.50. The molecule has 594 valence electrons. The molecule has 3 unspecified atom stereocenters. The normalized spacial score (nSPS) is 31.0. The number of nitrogens with zero attached hydrogens (tertiary/aromatic N) is 9. The van der Waals surface area contributed by atoms with Crippen LogP contribution in [0.5, 0.6) is 0 Å². The van der Waals surface area contributed by atoms with Gasteiger partial charge in [0.25, 0.3) is 0 Å². The van der Waals surface area contributed by atoms with Crippen molar-refractivity contribution < 1.29 is 67.0 Å². The van der Waals surface area contributed by atoms with E-state index in [4.69, 9.17) is 32.7 Å². The van der Waals surface area contributed by atoms with E-state index in [1.807, 2.05) is 46.8 Å². The van der Waals surface area contributed by atoms with Crippen LogP contribution in [0, 0.1) is 35.0 Å². The minimum absolute atomic E-state index is 0.0248. The van der Waals surface area contributed by atoms with Gasteiger partial charge in [-0.1, -0.05) is 106 Å². The van der Waals surface area contributed by atoms with Crippen LogP contribution in [0.1, 0.15) is 196 Å². The number of fused-ring (bicyclic) bond motifs is 2. The van der Waals surface area contributed by atoms with Crippen LogP contribution >= 0.6 is 23.2 Å². The maximum Gasteiger partial charge on any atom is 0.249 e. The summed E-state index contributed by atoms with van der Waals surface area (Å²) >= 11 is 13.3. The van der Waals surface area contributed by atoms with Crippen molar-refractivity contribution in [2.75, 3.05) is 103 Å². The van der Waals surface area contributed by atoms with Crippen LogP contribution in [-0.4, -0.2) is 289 Å². The highest BCUT2D eigenvalue weighted by molar-refractivity contribution is 6.30. The van der Waals surface area contributed by atoms with E-state index < -0.39 is 156 Å². The topological polar surface area (TPSA) is 289 Å². The highest BCUT2D eigenvalue weighted by atomic mass is 35.5. The summed E-state index contributed by atoms with van der Waals surface area (Å²) < 4.78 is 12.1. The zero-order valence-corrected chi connectivity index (χ0v) is 67.7. The van der Waals surface area contributed by atoms with Gasteiger partial charge in [-0.25, -0.2) is 0 Å². The second-order valence-electron chi connectivity index (χ2n) is 32.5. The number of hydrogen-bond donors (Lipinski definition) is 3. The van der Waals surface area contributed by atoms with Gasteiger partial charge < -0.3 is 69.5 Å². The Morgan fingerprint density at radius 2 is 1.30 bits per heavy atom. The van der Waals surface area contributed by atoms with Gasteiger partial charge in [0, 0.05) is 95.4 Å².